The minimum atomic E-state index is -0.0170. The van der Waals surface area contributed by atoms with Gasteiger partial charge in [0.25, 0.3) is 0 Å². The highest BCUT2D eigenvalue weighted by molar-refractivity contribution is 5.90. The van der Waals surface area contributed by atoms with Crippen molar-refractivity contribution in [1.29, 1.82) is 0 Å². The van der Waals surface area contributed by atoms with Crippen LogP contribution in [0.2, 0.25) is 0 Å². The van der Waals surface area contributed by atoms with Crippen molar-refractivity contribution in [2.24, 2.45) is 5.41 Å². The maximum Gasteiger partial charge on any atom is 0.321 e. The molecule has 0 unspecified atom stereocenters. The van der Waals surface area contributed by atoms with Crippen molar-refractivity contribution in [3.8, 4) is 0 Å². The second-order valence-corrected chi connectivity index (χ2v) is 9.07. The molecule has 0 bridgehead atoms. The molecule has 4 rings (SSSR count). The number of carbonyl (C=O) groups excluding carboxylic acids is 2. The average Bonchev–Trinajstić information content (AvgIpc) is 3.22. The molecule has 1 N–H and O–H groups in total. The first kappa shape index (κ1) is 20.2. The fraction of sp³-hybridized carbons (Fsp3) is 0.652. The van der Waals surface area contributed by atoms with Gasteiger partial charge in [-0.25, -0.2) is 4.79 Å². The zero-order chi connectivity index (χ0) is 20.4. The first-order chi connectivity index (χ1) is 14.0. The third-order valence-electron chi connectivity index (χ3n) is 7.15. The number of piperidine rings is 2. The Balaban J connectivity index is 1.33. The van der Waals surface area contributed by atoms with Crippen LogP contribution in [0, 0.1) is 19.3 Å². The number of hydrogen-bond donors (Lipinski definition) is 1. The number of amides is 3. The maximum atomic E-state index is 12.8. The quantitative estimate of drug-likeness (QED) is 0.843. The number of aryl methyl sites for hydroxylation is 1. The molecule has 158 valence electrons. The Morgan fingerprint density at radius 2 is 2.03 bits per heavy atom. The molecular formula is C23H33N3O3. The molecule has 3 aliphatic heterocycles. The van der Waals surface area contributed by atoms with Crippen molar-refractivity contribution in [3.05, 3.63) is 29.3 Å². The van der Waals surface area contributed by atoms with Gasteiger partial charge in [-0.1, -0.05) is 12.1 Å². The van der Waals surface area contributed by atoms with Crippen LogP contribution in [0.15, 0.2) is 18.2 Å². The van der Waals surface area contributed by atoms with Crippen LogP contribution in [-0.4, -0.2) is 60.6 Å². The van der Waals surface area contributed by atoms with Crippen LogP contribution in [0.3, 0.4) is 0 Å². The summed E-state index contributed by atoms with van der Waals surface area (Å²) in [5, 5.41) is 3.08. The predicted octanol–water partition coefficient (Wildman–Crippen LogP) is 3.72. The smallest absolute Gasteiger partial charge is 0.321 e. The molecule has 0 aromatic heterocycles. The topological polar surface area (TPSA) is 61.9 Å². The summed E-state index contributed by atoms with van der Waals surface area (Å²) in [5.41, 5.74) is 3.34. The minimum Gasteiger partial charge on any atom is -0.376 e. The third kappa shape index (κ3) is 4.42. The number of nitrogens with zero attached hydrogens (tertiary/aromatic N) is 2. The lowest BCUT2D eigenvalue weighted by atomic mass is 9.72. The average molecular weight is 400 g/mol. The Labute approximate surface area is 173 Å². The number of rotatable bonds is 3. The van der Waals surface area contributed by atoms with Gasteiger partial charge in [-0.3, -0.25) is 4.79 Å². The highest BCUT2D eigenvalue weighted by Crippen LogP contribution is 2.40. The molecule has 3 saturated heterocycles. The number of urea groups is 1. The molecule has 29 heavy (non-hydrogen) atoms. The first-order valence-electron chi connectivity index (χ1n) is 11.0. The predicted molar refractivity (Wildman–Crippen MR) is 113 cm³/mol. The highest BCUT2D eigenvalue weighted by Gasteiger charge is 2.42. The molecule has 3 amide bonds. The molecule has 1 spiro atoms. The summed E-state index contributed by atoms with van der Waals surface area (Å²) < 4.78 is 5.75. The molecule has 3 fully saturated rings. The van der Waals surface area contributed by atoms with Gasteiger partial charge < -0.3 is 19.9 Å². The number of carbonyl (C=O) groups is 2. The van der Waals surface area contributed by atoms with E-state index in [1.54, 1.807) is 0 Å². The lowest BCUT2D eigenvalue weighted by Gasteiger charge is -2.47. The van der Waals surface area contributed by atoms with Gasteiger partial charge in [0.15, 0.2) is 0 Å². The maximum absolute atomic E-state index is 12.8. The van der Waals surface area contributed by atoms with Crippen molar-refractivity contribution < 1.29 is 14.3 Å². The van der Waals surface area contributed by atoms with Gasteiger partial charge in [0.05, 0.1) is 6.10 Å². The summed E-state index contributed by atoms with van der Waals surface area (Å²) >= 11 is 0. The SMILES string of the molecule is Cc1cccc(NC(=O)N2CCC3(CCC(=O)N(C[C@@H]4CCCO4)C3)CC2)c1C. The van der Waals surface area contributed by atoms with E-state index in [4.69, 9.17) is 4.74 Å². The van der Waals surface area contributed by atoms with Gasteiger partial charge in [-0.05, 0) is 68.6 Å². The van der Waals surface area contributed by atoms with Crippen LogP contribution in [0.5, 0.6) is 0 Å². The molecule has 6 nitrogen and oxygen atoms in total. The molecule has 3 heterocycles. The number of ether oxygens (including phenoxy) is 1. The second-order valence-electron chi connectivity index (χ2n) is 9.07. The van der Waals surface area contributed by atoms with Crippen molar-refractivity contribution in [2.75, 3.05) is 38.1 Å². The fourth-order valence-electron chi connectivity index (χ4n) is 4.98. The summed E-state index contributed by atoms with van der Waals surface area (Å²) in [6, 6.07) is 5.98. The van der Waals surface area contributed by atoms with Gasteiger partial charge in [-0.15, -0.1) is 0 Å². The van der Waals surface area contributed by atoms with Crippen LogP contribution in [0.1, 0.15) is 49.7 Å². The van der Waals surface area contributed by atoms with Crippen LogP contribution in [0.25, 0.3) is 0 Å². The Bertz CT molecular complexity index is 765. The van der Waals surface area contributed by atoms with Crippen LogP contribution < -0.4 is 5.32 Å². The van der Waals surface area contributed by atoms with Crippen molar-refractivity contribution in [3.63, 3.8) is 0 Å². The minimum absolute atomic E-state index is 0.0170. The van der Waals surface area contributed by atoms with Gasteiger partial charge in [0.1, 0.15) is 0 Å². The zero-order valence-corrected chi connectivity index (χ0v) is 17.7. The monoisotopic (exact) mass is 399 g/mol. The van der Waals surface area contributed by atoms with Crippen molar-refractivity contribution in [2.45, 2.75) is 58.5 Å². The summed E-state index contributed by atoms with van der Waals surface area (Å²) in [5.74, 6) is 0.265. The molecule has 1 aromatic carbocycles. The summed E-state index contributed by atoms with van der Waals surface area (Å²) in [6.07, 6.45) is 5.86. The van der Waals surface area contributed by atoms with E-state index in [0.717, 1.165) is 76.1 Å². The van der Waals surface area contributed by atoms with Gasteiger partial charge in [0.2, 0.25) is 5.91 Å². The van der Waals surface area contributed by atoms with E-state index in [1.165, 1.54) is 5.56 Å². The molecule has 0 aliphatic carbocycles. The number of anilines is 1. The first-order valence-corrected chi connectivity index (χ1v) is 11.0. The van der Waals surface area contributed by atoms with E-state index in [0.29, 0.717) is 6.42 Å². The second kappa shape index (κ2) is 8.34. The lowest BCUT2D eigenvalue weighted by molar-refractivity contribution is -0.140. The number of hydrogen-bond acceptors (Lipinski definition) is 3. The van der Waals surface area contributed by atoms with Gasteiger partial charge in [0, 0.05) is 44.9 Å². The van der Waals surface area contributed by atoms with Crippen molar-refractivity contribution in [1.82, 2.24) is 9.80 Å². The van der Waals surface area contributed by atoms with E-state index < -0.39 is 0 Å². The Kier molecular flexibility index (Phi) is 5.81. The molecule has 6 heteroatoms. The fourth-order valence-corrected chi connectivity index (χ4v) is 4.98. The number of nitrogens with one attached hydrogen (secondary N) is 1. The van der Waals surface area contributed by atoms with Gasteiger partial charge in [-0.2, -0.15) is 0 Å². The largest absolute Gasteiger partial charge is 0.376 e. The van der Waals surface area contributed by atoms with E-state index in [1.807, 2.05) is 28.9 Å². The number of likely N-dealkylation sites (tertiary alicyclic amines) is 2. The summed E-state index contributed by atoms with van der Waals surface area (Å²) in [6.45, 7) is 7.97. The molecule has 0 saturated carbocycles. The zero-order valence-electron chi connectivity index (χ0n) is 17.7. The normalized spacial score (nSPS) is 24.2. The molecule has 1 aromatic rings. The van der Waals surface area contributed by atoms with Crippen molar-refractivity contribution >= 4 is 17.6 Å². The third-order valence-corrected chi connectivity index (χ3v) is 7.15. The van der Waals surface area contributed by atoms with E-state index >= 15 is 0 Å². The summed E-state index contributed by atoms with van der Waals surface area (Å²) in [4.78, 5) is 29.2. The summed E-state index contributed by atoms with van der Waals surface area (Å²) in [7, 11) is 0. The van der Waals surface area contributed by atoms with Crippen LogP contribution in [0.4, 0.5) is 10.5 Å². The Morgan fingerprint density at radius 1 is 1.24 bits per heavy atom. The number of benzene rings is 1. The lowest BCUT2D eigenvalue weighted by Crippen LogP contribution is -2.54. The Morgan fingerprint density at radius 3 is 2.76 bits per heavy atom. The molecular weight excluding hydrogens is 366 g/mol. The molecule has 0 radical (unpaired) electrons. The molecule has 1 atom stereocenters. The van der Waals surface area contributed by atoms with Gasteiger partial charge >= 0.3 is 6.03 Å². The van der Waals surface area contributed by atoms with E-state index in [2.05, 4.69) is 18.3 Å². The van der Waals surface area contributed by atoms with E-state index in [-0.39, 0.29) is 23.5 Å². The van der Waals surface area contributed by atoms with E-state index in [9.17, 15) is 9.59 Å². The Hall–Kier alpha value is -2.08. The van der Waals surface area contributed by atoms with Crippen LogP contribution >= 0.6 is 0 Å². The highest BCUT2D eigenvalue weighted by atomic mass is 16.5. The standard InChI is InChI=1S/C23H33N3O3/c1-17-5-3-7-20(18(17)2)24-22(28)25-12-10-23(11-13-25)9-8-21(27)26(16-23)15-19-6-4-14-29-19/h3,5,7,19H,4,6,8-16H2,1-2H3,(H,24,28)/t19-/m0/s1. The van der Waals surface area contributed by atoms with Crippen LogP contribution in [-0.2, 0) is 9.53 Å². The molecule has 3 aliphatic rings.